The van der Waals surface area contributed by atoms with E-state index in [1.54, 1.807) is 13.3 Å². The topological polar surface area (TPSA) is 51.5 Å². The summed E-state index contributed by atoms with van der Waals surface area (Å²) < 4.78 is 7.44. The lowest BCUT2D eigenvalue weighted by Gasteiger charge is -2.13. The Hall–Kier alpha value is -2.66. The van der Waals surface area contributed by atoms with Crippen molar-refractivity contribution in [3.63, 3.8) is 0 Å². The Labute approximate surface area is 138 Å². The van der Waals surface area contributed by atoms with Crippen molar-refractivity contribution in [2.24, 2.45) is 0 Å². The number of nitrogens with zero attached hydrogens (tertiary/aromatic N) is 1. The molecule has 0 aliphatic rings. The molecule has 0 unspecified atom stereocenters. The summed E-state index contributed by atoms with van der Waals surface area (Å²) in [5.41, 5.74) is 2.11. The molecular formula is C18H15NO3S. The van der Waals surface area contributed by atoms with Crippen molar-refractivity contribution in [1.29, 1.82) is 0 Å². The summed E-state index contributed by atoms with van der Waals surface area (Å²) in [4.78, 5) is 11.5. The van der Waals surface area contributed by atoms with Crippen LogP contribution in [-0.2, 0) is 6.54 Å². The number of carbonyl (C=O) groups is 1. The van der Waals surface area contributed by atoms with Crippen LogP contribution < -0.4 is 4.74 Å². The third kappa shape index (κ3) is 2.96. The molecule has 2 aromatic carbocycles. The Morgan fingerprint density at radius 3 is 2.52 bits per heavy atom. The second-order valence-corrected chi connectivity index (χ2v) is 5.58. The van der Waals surface area contributed by atoms with E-state index in [0.717, 1.165) is 22.2 Å². The van der Waals surface area contributed by atoms with E-state index in [2.05, 4.69) is 0 Å². The first-order valence-corrected chi connectivity index (χ1v) is 7.49. The van der Waals surface area contributed by atoms with Gasteiger partial charge in [0, 0.05) is 23.6 Å². The number of benzene rings is 2. The number of methoxy groups -OCH3 is 1. The van der Waals surface area contributed by atoms with Crippen LogP contribution in [0.25, 0.3) is 10.9 Å². The zero-order valence-corrected chi connectivity index (χ0v) is 13.3. The van der Waals surface area contributed by atoms with Gasteiger partial charge in [0.05, 0.1) is 17.2 Å². The molecule has 0 saturated heterocycles. The van der Waals surface area contributed by atoms with Crippen LogP contribution in [-0.4, -0.2) is 22.8 Å². The number of aromatic carboxylic acids is 1. The number of aromatic nitrogens is 1. The van der Waals surface area contributed by atoms with Crippen molar-refractivity contribution in [1.82, 2.24) is 4.57 Å². The zero-order valence-electron chi connectivity index (χ0n) is 12.5. The lowest BCUT2D eigenvalue weighted by molar-refractivity contribution is 0.0695. The molecule has 3 aromatic rings. The van der Waals surface area contributed by atoms with Gasteiger partial charge < -0.3 is 14.4 Å². The summed E-state index contributed by atoms with van der Waals surface area (Å²) in [6.07, 6.45) is 1.61. The number of para-hydroxylation sites is 1. The Morgan fingerprint density at radius 2 is 1.87 bits per heavy atom. The molecule has 1 aromatic heterocycles. The van der Waals surface area contributed by atoms with E-state index < -0.39 is 5.97 Å². The van der Waals surface area contributed by atoms with E-state index >= 15 is 0 Å². The Bertz CT molecular complexity index is 929. The minimum absolute atomic E-state index is 0.146. The molecule has 0 radical (unpaired) electrons. The lowest BCUT2D eigenvalue weighted by Crippen LogP contribution is -2.08. The number of carboxylic acids is 1. The maximum Gasteiger partial charge on any atom is 0.338 e. The summed E-state index contributed by atoms with van der Waals surface area (Å²) >= 11 is 5.32. The van der Waals surface area contributed by atoms with E-state index in [4.69, 9.17) is 17.0 Å². The molecule has 1 heterocycles. The van der Waals surface area contributed by atoms with Crippen molar-refractivity contribution >= 4 is 29.1 Å². The van der Waals surface area contributed by atoms with Gasteiger partial charge >= 0.3 is 5.97 Å². The minimum atomic E-state index is -1.01. The van der Waals surface area contributed by atoms with Gasteiger partial charge in [-0.15, -0.1) is 0 Å². The molecule has 23 heavy (non-hydrogen) atoms. The highest BCUT2D eigenvalue weighted by Crippen LogP contribution is 2.21. The third-order valence-electron chi connectivity index (χ3n) is 3.73. The molecule has 0 aliphatic heterocycles. The van der Waals surface area contributed by atoms with E-state index in [1.807, 2.05) is 53.1 Å². The van der Waals surface area contributed by atoms with Crippen LogP contribution in [0, 0.1) is 4.51 Å². The molecule has 5 heteroatoms. The van der Waals surface area contributed by atoms with Gasteiger partial charge in [-0.1, -0.05) is 42.5 Å². The van der Waals surface area contributed by atoms with Crippen molar-refractivity contribution in [3.05, 3.63) is 70.4 Å². The predicted molar refractivity (Wildman–Crippen MR) is 91.8 cm³/mol. The molecule has 0 fully saturated rings. The standard InChI is InChI=1S/C18H15NO3S/c1-22-13-8-6-12(7-9-13)10-19-11-15(18(20)21)17(23)14-4-2-3-5-16(14)19/h2-9,11H,10H2,1H3,(H,20,21). The summed E-state index contributed by atoms with van der Waals surface area (Å²) in [5, 5.41) is 10.2. The number of hydrogen-bond donors (Lipinski definition) is 1. The quantitative estimate of drug-likeness (QED) is 0.733. The maximum atomic E-state index is 11.5. The van der Waals surface area contributed by atoms with Crippen molar-refractivity contribution in [2.75, 3.05) is 7.11 Å². The normalized spacial score (nSPS) is 10.7. The first-order valence-electron chi connectivity index (χ1n) is 7.08. The second-order valence-electron chi connectivity index (χ2n) is 5.17. The summed E-state index contributed by atoms with van der Waals surface area (Å²) in [6.45, 7) is 0.556. The monoisotopic (exact) mass is 325 g/mol. The average Bonchev–Trinajstić information content (AvgIpc) is 2.58. The Morgan fingerprint density at radius 1 is 1.17 bits per heavy atom. The molecule has 1 N–H and O–H groups in total. The number of pyridine rings is 1. The maximum absolute atomic E-state index is 11.5. The zero-order chi connectivity index (χ0) is 16.4. The van der Waals surface area contributed by atoms with Gasteiger partial charge in [-0.3, -0.25) is 0 Å². The third-order valence-corrected chi connectivity index (χ3v) is 4.17. The molecule has 0 spiro atoms. The highest BCUT2D eigenvalue weighted by atomic mass is 32.1. The fourth-order valence-electron chi connectivity index (χ4n) is 2.56. The number of rotatable bonds is 4. The van der Waals surface area contributed by atoms with Gasteiger partial charge in [-0.25, -0.2) is 4.79 Å². The molecule has 0 bridgehead atoms. The predicted octanol–water partition coefficient (Wildman–Crippen LogP) is 4.13. The molecule has 4 nitrogen and oxygen atoms in total. The largest absolute Gasteiger partial charge is 0.497 e. The van der Waals surface area contributed by atoms with E-state index in [9.17, 15) is 9.90 Å². The second kappa shape index (κ2) is 6.22. The van der Waals surface area contributed by atoms with Crippen LogP contribution in [0.4, 0.5) is 0 Å². The average molecular weight is 325 g/mol. The number of ether oxygens (including phenoxy) is 1. The molecule has 0 atom stereocenters. The number of hydrogen-bond acceptors (Lipinski definition) is 3. The summed E-state index contributed by atoms with van der Waals surface area (Å²) in [6, 6.07) is 15.3. The highest BCUT2D eigenvalue weighted by Gasteiger charge is 2.11. The van der Waals surface area contributed by atoms with Gasteiger partial charge in [0.2, 0.25) is 0 Å². The van der Waals surface area contributed by atoms with Crippen molar-refractivity contribution in [2.45, 2.75) is 6.54 Å². The molecule has 3 rings (SSSR count). The van der Waals surface area contributed by atoms with Crippen LogP contribution in [0.15, 0.2) is 54.7 Å². The summed E-state index contributed by atoms with van der Waals surface area (Å²) in [5.74, 6) is -0.222. The van der Waals surface area contributed by atoms with Crippen LogP contribution in [0.2, 0.25) is 0 Å². The van der Waals surface area contributed by atoms with Crippen LogP contribution >= 0.6 is 12.2 Å². The first-order chi connectivity index (χ1) is 11.1. The van der Waals surface area contributed by atoms with E-state index in [1.165, 1.54) is 0 Å². The number of fused-ring (bicyclic) bond motifs is 1. The minimum Gasteiger partial charge on any atom is -0.497 e. The van der Waals surface area contributed by atoms with Gasteiger partial charge in [0.15, 0.2) is 0 Å². The smallest absolute Gasteiger partial charge is 0.338 e. The van der Waals surface area contributed by atoms with E-state index in [0.29, 0.717) is 11.1 Å². The van der Waals surface area contributed by atoms with Crippen LogP contribution in [0.5, 0.6) is 5.75 Å². The van der Waals surface area contributed by atoms with E-state index in [-0.39, 0.29) is 5.56 Å². The molecule has 0 amide bonds. The van der Waals surface area contributed by atoms with Gasteiger partial charge in [-0.2, -0.15) is 0 Å². The van der Waals surface area contributed by atoms with Gasteiger partial charge in [0.1, 0.15) is 5.75 Å². The van der Waals surface area contributed by atoms with Crippen molar-refractivity contribution < 1.29 is 14.6 Å². The fourth-order valence-corrected chi connectivity index (χ4v) is 2.87. The SMILES string of the molecule is COc1ccc(Cn2cc(C(=O)O)c(=S)c3ccccc32)cc1. The highest BCUT2D eigenvalue weighted by molar-refractivity contribution is 7.71. The van der Waals surface area contributed by atoms with Crippen LogP contribution in [0.3, 0.4) is 0 Å². The number of carboxylic acid groups (broad SMARTS) is 1. The van der Waals surface area contributed by atoms with Gasteiger partial charge in [-0.05, 0) is 23.8 Å². The lowest BCUT2D eigenvalue weighted by atomic mass is 10.1. The summed E-state index contributed by atoms with van der Waals surface area (Å²) in [7, 11) is 1.62. The molecular weight excluding hydrogens is 310 g/mol. The van der Waals surface area contributed by atoms with Gasteiger partial charge in [0.25, 0.3) is 0 Å². The molecule has 0 saturated carbocycles. The molecule has 0 aliphatic carbocycles. The Kier molecular flexibility index (Phi) is 4.12. The fraction of sp³-hybridized carbons (Fsp3) is 0.111. The van der Waals surface area contributed by atoms with Crippen LogP contribution in [0.1, 0.15) is 15.9 Å². The van der Waals surface area contributed by atoms with Crippen molar-refractivity contribution in [3.8, 4) is 5.75 Å². The Balaban J connectivity index is 2.13. The molecule has 116 valence electrons. The first kappa shape index (κ1) is 15.2.